The number of hydrogen-bond donors (Lipinski definition) is 4. The van der Waals surface area contributed by atoms with Crippen LogP contribution in [0.15, 0.2) is 71.5 Å². The smallest absolute Gasteiger partial charge is 0.320 e. The van der Waals surface area contributed by atoms with Crippen LogP contribution < -0.4 is 21.3 Å². The monoisotopic (exact) mass is 623 g/mol. The van der Waals surface area contributed by atoms with E-state index in [9.17, 15) is 14.4 Å². The maximum atomic E-state index is 14.1. The molecule has 10 nitrogen and oxygen atoms in total. The van der Waals surface area contributed by atoms with E-state index in [1.807, 2.05) is 55.3 Å². The number of hydrogen-bond acceptors (Lipinski definition) is 6. The molecule has 0 saturated carbocycles. The quantitative estimate of drug-likeness (QED) is 0.318. The summed E-state index contributed by atoms with van der Waals surface area (Å²) < 4.78 is 0. The van der Waals surface area contributed by atoms with Crippen LogP contribution in [0.1, 0.15) is 48.4 Å². The highest BCUT2D eigenvalue weighted by molar-refractivity contribution is 5.96. The first-order valence-electron chi connectivity index (χ1n) is 16.3. The zero-order valence-electron chi connectivity index (χ0n) is 27.0. The van der Waals surface area contributed by atoms with Gasteiger partial charge in [0.2, 0.25) is 11.8 Å². The predicted octanol–water partition coefficient (Wildman–Crippen LogP) is 3.75. The van der Waals surface area contributed by atoms with E-state index < -0.39 is 5.41 Å². The number of aliphatic imine (C=N–C) groups is 1. The number of urea groups is 1. The summed E-state index contributed by atoms with van der Waals surface area (Å²) in [4.78, 5) is 48.9. The number of anilines is 1. The van der Waals surface area contributed by atoms with Crippen molar-refractivity contribution in [1.82, 2.24) is 25.8 Å². The lowest BCUT2D eigenvalue weighted by molar-refractivity contribution is -0.126. The highest BCUT2D eigenvalue weighted by atomic mass is 16.2. The molecular formula is C36H45N7O3. The molecule has 4 aliphatic rings. The SMILES string of the molecule is C=CC1=C(/N=C\C)NC(=O)C12Cc1ccc(NC(=O)CN(Cc3ccccc3CNC)C(=O)N3CCC4(CCNCC4)C3)cc1C2. The van der Waals surface area contributed by atoms with Crippen molar-refractivity contribution in [2.75, 3.05) is 45.1 Å². The molecule has 1 atom stereocenters. The first-order valence-corrected chi connectivity index (χ1v) is 16.3. The van der Waals surface area contributed by atoms with Crippen LogP contribution in [0.3, 0.4) is 0 Å². The van der Waals surface area contributed by atoms with E-state index in [1.54, 1.807) is 17.2 Å². The minimum Gasteiger partial charge on any atom is -0.325 e. The van der Waals surface area contributed by atoms with Gasteiger partial charge in [-0.3, -0.25) is 9.59 Å². The van der Waals surface area contributed by atoms with Crippen LogP contribution in [-0.2, 0) is 35.5 Å². The molecule has 3 aliphatic heterocycles. The highest BCUT2D eigenvalue weighted by Crippen LogP contribution is 2.48. The second-order valence-electron chi connectivity index (χ2n) is 13.1. The Morgan fingerprint density at radius 2 is 1.85 bits per heavy atom. The van der Waals surface area contributed by atoms with Gasteiger partial charge in [-0.25, -0.2) is 9.79 Å². The van der Waals surface area contributed by atoms with Crippen molar-refractivity contribution in [2.45, 2.75) is 52.1 Å². The Hall–Kier alpha value is -4.28. The number of amides is 4. The van der Waals surface area contributed by atoms with Crippen LogP contribution in [0.4, 0.5) is 10.5 Å². The standard InChI is InChI=1S/C36H45N7O3/c1-4-30-32(39-5-2)41-33(45)36(30)19-25-10-11-29(18-28(25)20-36)40-31(44)23-43(22-27-9-7-6-8-26(27)21-37-3)34(46)42-17-14-35(24-42)12-15-38-16-13-35/h4-11,18,37-38H,1,12-17,19-24H2,2-3H3,(H,40,44)(H,41,45)/b39-5-. The van der Waals surface area contributed by atoms with Crippen LogP contribution in [0.25, 0.3) is 0 Å². The Kier molecular flexibility index (Phi) is 9.11. The number of fused-ring (bicyclic) bond motifs is 1. The normalized spacial score (nSPS) is 21.7. The Labute approximate surface area is 271 Å². The summed E-state index contributed by atoms with van der Waals surface area (Å²) in [5, 5.41) is 12.6. The summed E-state index contributed by atoms with van der Waals surface area (Å²) in [6, 6.07) is 13.8. The number of rotatable bonds is 9. The molecule has 0 bridgehead atoms. The van der Waals surface area contributed by atoms with Gasteiger partial charge in [0, 0.05) is 43.7 Å². The van der Waals surface area contributed by atoms with Crippen molar-refractivity contribution in [2.24, 2.45) is 15.8 Å². The first-order chi connectivity index (χ1) is 22.3. The number of nitrogens with zero attached hydrogens (tertiary/aromatic N) is 3. The van der Waals surface area contributed by atoms with Crippen molar-refractivity contribution in [3.8, 4) is 0 Å². The van der Waals surface area contributed by atoms with Crippen LogP contribution in [-0.4, -0.2) is 73.6 Å². The summed E-state index contributed by atoms with van der Waals surface area (Å²) in [6.07, 6.45) is 7.58. The number of likely N-dealkylation sites (tertiary alicyclic amines) is 1. The van der Waals surface area contributed by atoms with Gasteiger partial charge >= 0.3 is 6.03 Å². The number of benzene rings is 2. The van der Waals surface area contributed by atoms with Crippen LogP contribution in [0.2, 0.25) is 0 Å². The second-order valence-corrected chi connectivity index (χ2v) is 13.1. The van der Waals surface area contributed by atoms with Gasteiger partial charge in [-0.15, -0.1) is 0 Å². The topological polar surface area (TPSA) is 118 Å². The number of nitrogens with one attached hydrogen (secondary N) is 4. The molecular weight excluding hydrogens is 578 g/mol. The van der Waals surface area contributed by atoms with Crippen molar-refractivity contribution in [1.29, 1.82) is 0 Å². The Balaban J connectivity index is 1.19. The summed E-state index contributed by atoms with van der Waals surface area (Å²) in [5.74, 6) is 0.215. The zero-order valence-corrected chi connectivity index (χ0v) is 27.0. The van der Waals surface area contributed by atoms with E-state index in [-0.39, 0.29) is 29.8 Å². The molecule has 2 spiro atoms. The maximum absolute atomic E-state index is 14.1. The van der Waals surface area contributed by atoms with E-state index in [0.717, 1.165) is 66.7 Å². The molecule has 10 heteroatoms. The fourth-order valence-electron chi connectivity index (χ4n) is 7.78. The average Bonchev–Trinajstić information content (AvgIpc) is 3.71. The van der Waals surface area contributed by atoms with Crippen LogP contribution in [0.5, 0.6) is 0 Å². The number of carbonyl (C=O) groups excluding carboxylic acids is 3. The van der Waals surface area contributed by atoms with Gasteiger partial charge in [0.15, 0.2) is 0 Å². The van der Waals surface area contributed by atoms with E-state index in [0.29, 0.717) is 44.0 Å². The third kappa shape index (κ3) is 6.11. The van der Waals surface area contributed by atoms with Crippen molar-refractivity contribution in [3.05, 3.63) is 88.8 Å². The molecule has 4 amide bonds. The summed E-state index contributed by atoms with van der Waals surface area (Å²) >= 11 is 0. The fourth-order valence-corrected chi connectivity index (χ4v) is 7.78. The minimum absolute atomic E-state index is 0.0665. The molecule has 3 heterocycles. The number of allylic oxidation sites excluding steroid dienone is 1. The Morgan fingerprint density at radius 1 is 1.09 bits per heavy atom. The molecule has 1 unspecified atom stereocenters. The van der Waals surface area contributed by atoms with E-state index in [4.69, 9.17) is 0 Å². The molecule has 6 rings (SSSR count). The molecule has 0 radical (unpaired) electrons. The molecule has 0 aromatic heterocycles. The van der Waals surface area contributed by atoms with Gasteiger partial charge in [0.05, 0.1) is 5.41 Å². The van der Waals surface area contributed by atoms with Crippen LogP contribution >= 0.6 is 0 Å². The summed E-state index contributed by atoms with van der Waals surface area (Å²) in [6.45, 7) is 10.1. The molecule has 4 N–H and O–H groups in total. The first kappa shape index (κ1) is 31.7. The van der Waals surface area contributed by atoms with Crippen molar-refractivity contribution < 1.29 is 14.4 Å². The van der Waals surface area contributed by atoms with E-state index in [1.165, 1.54) is 0 Å². The minimum atomic E-state index is -0.750. The molecule has 2 aromatic rings. The predicted molar refractivity (Wildman–Crippen MR) is 180 cm³/mol. The number of piperidine rings is 1. The van der Waals surface area contributed by atoms with Gasteiger partial charge in [0.1, 0.15) is 12.4 Å². The van der Waals surface area contributed by atoms with E-state index >= 15 is 0 Å². The molecule has 1 aliphatic carbocycles. The van der Waals surface area contributed by atoms with Gasteiger partial charge in [-0.05, 0) is 99.0 Å². The molecule has 46 heavy (non-hydrogen) atoms. The van der Waals surface area contributed by atoms with Gasteiger partial charge in [0.25, 0.3) is 0 Å². The lowest BCUT2D eigenvalue weighted by Crippen LogP contribution is -2.46. The Bertz CT molecular complexity index is 1590. The zero-order chi connectivity index (χ0) is 32.3. The van der Waals surface area contributed by atoms with Gasteiger partial charge < -0.3 is 31.1 Å². The second kappa shape index (κ2) is 13.2. The van der Waals surface area contributed by atoms with Crippen molar-refractivity contribution >= 4 is 29.7 Å². The Morgan fingerprint density at radius 3 is 2.59 bits per heavy atom. The lowest BCUT2D eigenvalue weighted by Gasteiger charge is -2.34. The third-order valence-electron chi connectivity index (χ3n) is 10.2. The van der Waals surface area contributed by atoms with E-state index in [2.05, 4.69) is 38.9 Å². The molecule has 242 valence electrons. The van der Waals surface area contributed by atoms with Crippen LogP contribution in [0, 0.1) is 10.8 Å². The maximum Gasteiger partial charge on any atom is 0.320 e. The largest absolute Gasteiger partial charge is 0.325 e. The third-order valence-corrected chi connectivity index (χ3v) is 10.2. The molecule has 2 saturated heterocycles. The number of carbonyl (C=O) groups is 3. The van der Waals surface area contributed by atoms with Gasteiger partial charge in [-0.1, -0.05) is 43.0 Å². The van der Waals surface area contributed by atoms with Crippen molar-refractivity contribution in [3.63, 3.8) is 0 Å². The molecule has 2 fully saturated rings. The fraction of sp³-hybridized carbons (Fsp3) is 0.444. The molecule has 2 aromatic carbocycles. The summed E-state index contributed by atoms with van der Waals surface area (Å²) in [5.41, 5.74) is 5.06. The van der Waals surface area contributed by atoms with Gasteiger partial charge in [-0.2, -0.15) is 0 Å². The lowest BCUT2D eigenvalue weighted by atomic mass is 9.78. The average molecular weight is 624 g/mol. The summed E-state index contributed by atoms with van der Waals surface area (Å²) in [7, 11) is 1.90. The highest BCUT2D eigenvalue weighted by Gasteiger charge is 2.51.